The van der Waals surface area contributed by atoms with Gasteiger partial charge in [-0.05, 0) is 62.7 Å². The maximum absolute atomic E-state index is 13.7. The molecule has 3 aliphatic rings. The number of aliphatic hydroxyl groups excluding tert-OH is 1. The summed E-state index contributed by atoms with van der Waals surface area (Å²) in [5.41, 5.74) is -0.689. The molecule has 3 aliphatic carbocycles. The first-order valence-corrected chi connectivity index (χ1v) is 10.5. The summed E-state index contributed by atoms with van der Waals surface area (Å²) in [6.45, 7) is 10.9. The molecule has 26 heavy (non-hydrogen) atoms. The summed E-state index contributed by atoms with van der Waals surface area (Å²) in [6, 6.07) is 0. The fourth-order valence-electron chi connectivity index (χ4n) is 7.09. The predicted molar refractivity (Wildman–Crippen MR) is 105 cm³/mol. The summed E-state index contributed by atoms with van der Waals surface area (Å²) in [5.74, 6) is 1.09. The van der Waals surface area contributed by atoms with Crippen molar-refractivity contribution >= 4 is 5.78 Å². The van der Waals surface area contributed by atoms with Gasteiger partial charge in [-0.15, -0.1) is 0 Å². The predicted octanol–water partition coefficient (Wildman–Crippen LogP) is 4.78. The highest BCUT2D eigenvalue weighted by atomic mass is 16.5. The SMILES string of the molecule is CC=CC[C@]1(C)C[C@@H](O)[C@@]2(C)C3[C@H](OC)CCC3(CC[C@H]2C)[C@@H](C)C1=O. The van der Waals surface area contributed by atoms with Crippen LogP contribution in [0.2, 0.25) is 0 Å². The lowest BCUT2D eigenvalue weighted by atomic mass is 9.44. The van der Waals surface area contributed by atoms with Crippen LogP contribution in [-0.4, -0.2) is 30.2 Å². The molecule has 0 amide bonds. The molecule has 0 aliphatic heterocycles. The quantitative estimate of drug-likeness (QED) is 0.735. The standard InChI is InChI=1S/C23H38O3/c1-7-8-11-21(4)14-18(24)22(5)15(2)9-12-23(16(3)20(21)25)13-10-17(26-6)19(22)23/h7-8,15-19,24H,9-14H2,1-6H3/t15-,16+,17-,18-,19?,21-,22+,23?/m1/s1. The zero-order valence-electron chi connectivity index (χ0n) is 17.5. The number of rotatable bonds is 3. The van der Waals surface area contributed by atoms with Crippen LogP contribution in [0.5, 0.6) is 0 Å². The van der Waals surface area contributed by atoms with Crippen LogP contribution in [0.4, 0.5) is 0 Å². The van der Waals surface area contributed by atoms with Gasteiger partial charge in [-0.1, -0.05) is 39.8 Å². The Morgan fingerprint density at radius 1 is 1.23 bits per heavy atom. The van der Waals surface area contributed by atoms with Gasteiger partial charge in [-0.3, -0.25) is 4.79 Å². The second kappa shape index (κ2) is 6.74. The number of Topliss-reactive ketones (excluding diaryl/α,β-unsaturated/α-hetero) is 1. The summed E-state index contributed by atoms with van der Waals surface area (Å²) in [6.07, 6.45) is 9.36. The topological polar surface area (TPSA) is 46.5 Å². The minimum atomic E-state index is -0.479. The molecule has 0 aromatic rings. The summed E-state index contributed by atoms with van der Waals surface area (Å²) >= 11 is 0. The van der Waals surface area contributed by atoms with Crippen LogP contribution >= 0.6 is 0 Å². The molecule has 8 atom stereocenters. The van der Waals surface area contributed by atoms with Gasteiger partial charge in [0.25, 0.3) is 0 Å². The second-order valence-electron chi connectivity index (χ2n) is 9.97. The van der Waals surface area contributed by atoms with Crippen molar-refractivity contribution in [3.8, 4) is 0 Å². The smallest absolute Gasteiger partial charge is 0.142 e. The van der Waals surface area contributed by atoms with Crippen molar-refractivity contribution in [1.82, 2.24) is 0 Å². The van der Waals surface area contributed by atoms with Crippen LogP contribution in [0.25, 0.3) is 0 Å². The minimum absolute atomic E-state index is 0.0163. The van der Waals surface area contributed by atoms with Crippen LogP contribution in [0.3, 0.4) is 0 Å². The molecule has 2 unspecified atom stereocenters. The number of carbonyl (C=O) groups is 1. The Labute approximate surface area is 159 Å². The van der Waals surface area contributed by atoms with E-state index in [4.69, 9.17) is 4.74 Å². The van der Waals surface area contributed by atoms with Gasteiger partial charge < -0.3 is 9.84 Å². The molecule has 3 nitrogen and oxygen atoms in total. The Hall–Kier alpha value is -0.670. The third kappa shape index (κ3) is 2.57. The van der Waals surface area contributed by atoms with E-state index < -0.39 is 11.5 Å². The van der Waals surface area contributed by atoms with Gasteiger partial charge in [0.05, 0.1) is 12.2 Å². The lowest BCUT2D eigenvalue weighted by molar-refractivity contribution is -0.191. The van der Waals surface area contributed by atoms with E-state index in [9.17, 15) is 9.90 Å². The maximum Gasteiger partial charge on any atom is 0.142 e. The number of allylic oxidation sites excluding steroid dienone is 2. The number of aliphatic hydroxyl groups is 1. The molecule has 0 aromatic heterocycles. The average Bonchev–Trinajstić information content (AvgIpc) is 3.02. The highest BCUT2D eigenvalue weighted by Gasteiger charge is 2.67. The van der Waals surface area contributed by atoms with Crippen LogP contribution < -0.4 is 0 Å². The monoisotopic (exact) mass is 362 g/mol. The number of ketones is 1. The van der Waals surface area contributed by atoms with E-state index in [1.165, 1.54) is 0 Å². The van der Waals surface area contributed by atoms with Crippen molar-refractivity contribution < 1.29 is 14.6 Å². The molecule has 1 N–H and O–H groups in total. The molecule has 0 radical (unpaired) electrons. The summed E-state index contributed by atoms with van der Waals surface area (Å²) in [4.78, 5) is 13.7. The Kier molecular flexibility index (Phi) is 5.20. The fourth-order valence-corrected chi connectivity index (χ4v) is 7.09. The first kappa shape index (κ1) is 20.1. The highest BCUT2D eigenvalue weighted by molar-refractivity contribution is 5.87. The lowest BCUT2D eigenvalue weighted by Gasteiger charge is -2.61. The Bertz CT molecular complexity index is 584. The number of hydrogen-bond donors (Lipinski definition) is 1. The van der Waals surface area contributed by atoms with Crippen LogP contribution in [0.15, 0.2) is 12.2 Å². The maximum atomic E-state index is 13.7. The molecule has 0 saturated heterocycles. The molecule has 0 aromatic carbocycles. The normalized spacial score (nSPS) is 52.0. The highest BCUT2D eigenvalue weighted by Crippen LogP contribution is 2.68. The van der Waals surface area contributed by atoms with Crippen LogP contribution in [-0.2, 0) is 9.53 Å². The van der Waals surface area contributed by atoms with E-state index >= 15 is 0 Å². The lowest BCUT2D eigenvalue weighted by Crippen LogP contribution is -2.62. The summed E-state index contributed by atoms with van der Waals surface area (Å²) in [5, 5.41) is 11.5. The molecule has 3 fully saturated rings. The summed E-state index contributed by atoms with van der Waals surface area (Å²) in [7, 11) is 1.81. The van der Waals surface area contributed by atoms with Gasteiger partial charge in [0, 0.05) is 23.9 Å². The Morgan fingerprint density at radius 2 is 1.88 bits per heavy atom. The zero-order valence-corrected chi connectivity index (χ0v) is 17.5. The van der Waals surface area contributed by atoms with E-state index in [1.807, 2.05) is 13.0 Å². The van der Waals surface area contributed by atoms with E-state index in [1.54, 1.807) is 7.11 Å². The van der Waals surface area contributed by atoms with Gasteiger partial charge in [0.1, 0.15) is 5.78 Å². The number of methoxy groups -OCH3 is 1. The largest absolute Gasteiger partial charge is 0.393 e. The Balaban J connectivity index is 2.15. The first-order valence-electron chi connectivity index (χ1n) is 10.5. The van der Waals surface area contributed by atoms with Crippen molar-refractivity contribution in [2.24, 2.45) is 34.0 Å². The average molecular weight is 363 g/mol. The zero-order chi connectivity index (χ0) is 19.3. The molecule has 0 heterocycles. The van der Waals surface area contributed by atoms with E-state index in [0.29, 0.717) is 18.1 Å². The van der Waals surface area contributed by atoms with Gasteiger partial charge in [-0.25, -0.2) is 0 Å². The number of carbonyl (C=O) groups excluding carboxylic acids is 1. The minimum Gasteiger partial charge on any atom is -0.393 e. The van der Waals surface area contributed by atoms with Crippen LogP contribution in [0.1, 0.15) is 73.1 Å². The van der Waals surface area contributed by atoms with Gasteiger partial charge >= 0.3 is 0 Å². The van der Waals surface area contributed by atoms with Crippen LogP contribution in [0, 0.1) is 34.0 Å². The number of ether oxygens (including phenoxy) is 1. The van der Waals surface area contributed by atoms with Crippen molar-refractivity contribution in [2.75, 3.05) is 7.11 Å². The van der Waals surface area contributed by atoms with Crippen molar-refractivity contribution in [3.63, 3.8) is 0 Å². The molecule has 0 spiro atoms. The molecular weight excluding hydrogens is 324 g/mol. The molecule has 3 rings (SSSR count). The van der Waals surface area contributed by atoms with E-state index in [-0.39, 0.29) is 28.8 Å². The van der Waals surface area contributed by atoms with E-state index in [0.717, 1.165) is 32.1 Å². The fraction of sp³-hybridized carbons (Fsp3) is 0.870. The summed E-state index contributed by atoms with van der Waals surface area (Å²) < 4.78 is 5.94. The molecule has 3 saturated carbocycles. The number of hydrogen-bond acceptors (Lipinski definition) is 3. The van der Waals surface area contributed by atoms with Crippen molar-refractivity contribution in [1.29, 1.82) is 0 Å². The molecular formula is C23H38O3. The third-order valence-electron chi connectivity index (χ3n) is 8.98. The second-order valence-corrected chi connectivity index (χ2v) is 9.97. The van der Waals surface area contributed by atoms with Gasteiger partial charge in [0.15, 0.2) is 0 Å². The third-order valence-corrected chi connectivity index (χ3v) is 8.98. The molecule has 2 bridgehead atoms. The Morgan fingerprint density at radius 3 is 2.50 bits per heavy atom. The van der Waals surface area contributed by atoms with Gasteiger partial charge in [-0.2, -0.15) is 0 Å². The van der Waals surface area contributed by atoms with E-state index in [2.05, 4.69) is 33.8 Å². The first-order chi connectivity index (χ1) is 12.2. The van der Waals surface area contributed by atoms with Gasteiger partial charge in [0.2, 0.25) is 0 Å². The molecule has 148 valence electrons. The van der Waals surface area contributed by atoms with Crippen molar-refractivity contribution in [3.05, 3.63) is 12.2 Å². The molecule has 3 heteroatoms. The van der Waals surface area contributed by atoms with Crippen molar-refractivity contribution in [2.45, 2.75) is 85.4 Å².